The molecule has 2 N–H and O–H groups in total. The van der Waals surface area contributed by atoms with Gasteiger partial charge in [-0.05, 0) is 36.0 Å². The predicted octanol–water partition coefficient (Wildman–Crippen LogP) is 2.74. The van der Waals surface area contributed by atoms with Gasteiger partial charge in [0.25, 0.3) is 0 Å². The molecule has 2 saturated carbocycles. The maximum atomic E-state index is 11.1. The minimum Gasteiger partial charge on any atom is -0.315 e. The molecule has 3 unspecified atom stereocenters. The Kier molecular flexibility index (Phi) is 2.72. The molecular weight excluding hydrogens is 244 g/mol. The van der Waals surface area contributed by atoms with Crippen molar-refractivity contribution in [3.63, 3.8) is 0 Å². The summed E-state index contributed by atoms with van der Waals surface area (Å²) in [6.07, 6.45) is 4.09. The van der Waals surface area contributed by atoms with Gasteiger partial charge in [0.05, 0.1) is 0 Å². The zero-order valence-electron chi connectivity index (χ0n) is 11.4. The maximum Gasteiger partial charge on any atom is 0.304 e. The first-order valence-corrected chi connectivity index (χ1v) is 7.70. The number of aromatic nitrogens is 1. The van der Waals surface area contributed by atoms with Crippen molar-refractivity contribution in [2.24, 2.45) is 16.7 Å². The van der Waals surface area contributed by atoms with Crippen molar-refractivity contribution in [1.82, 2.24) is 10.3 Å². The number of fused-ring (bicyclic) bond motifs is 2. The summed E-state index contributed by atoms with van der Waals surface area (Å²) in [5, 5.41) is 5.64. The van der Waals surface area contributed by atoms with E-state index in [1.165, 1.54) is 30.6 Å². The van der Waals surface area contributed by atoms with Crippen molar-refractivity contribution < 1.29 is 0 Å². The summed E-state index contributed by atoms with van der Waals surface area (Å²) >= 11 is 1.25. The number of H-pyrrole nitrogens is 1. The summed E-state index contributed by atoms with van der Waals surface area (Å²) in [6.45, 7) is 8.01. The van der Waals surface area contributed by atoms with E-state index in [1.807, 2.05) is 5.38 Å². The number of rotatable bonds is 3. The van der Waals surface area contributed by atoms with Gasteiger partial charge in [0, 0.05) is 23.7 Å². The van der Waals surface area contributed by atoms with Crippen LogP contribution in [0.4, 0.5) is 0 Å². The Morgan fingerprint density at radius 2 is 2.28 bits per heavy atom. The molecule has 0 amide bonds. The van der Waals surface area contributed by atoms with Gasteiger partial charge in [0.15, 0.2) is 0 Å². The molecule has 0 spiro atoms. The molecule has 3 atom stereocenters. The van der Waals surface area contributed by atoms with E-state index in [4.69, 9.17) is 0 Å². The van der Waals surface area contributed by atoms with Crippen molar-refractivity contribution in [3.05, 3.63) is 20.7 Å². The highest BCUT2D eigenvalue weighted by atomic mass is 32.1. The molecule has 4 heteroatoms. The van der Waals surface area contributed by atoms with E-state index in [9.17, 15) is 4.79 Å². The molecule has 0 radical (unpaired) electrons. The first-order chi connectivity index (χ1) is 8.42. The number of thiazole rings is 1. The van der Waals surface area contributed by atoms with Crippen LogP contribution in [0.1, 0.15) is 45.7 Å². The molecule has 1 heterocycles. The van der Waals surface area contributed by atoms with Crippen LogP contribution in [0.3, 0.4) is 0 Å². The Morgan fingerprint density at radius 1 is 1.50 bits per heavy atom. The Labute approximate surface area is 112 Å². The van der Waals surface area contributed by atoms with Crippen molar-refractivity contribution in [3.8, 4) is 0 Å². The summed E-state index contributed by atoms with van der Waals surface area (Å²) in [7, 11) is 0. The highest BCUT2D eigenvalue weighted by Crippen LogP contribution is 2.62. The van der Waals surface area contributed by atoms with Crippen LogP contribution in [0.2, 0.25) is 0 Å². The molecule has 2 bridgehead atoms. The van der Waals surface area contributed by atoms with Crippen LogP contribution in [0.5, 0.6) is 0 Å². The summed E-state index contributed by atoms with van der Waals surface area (Å²) in [5.41, 5.74) is 1.85. The third-order valence-electron chi connectivity index (χ3n) is 5.34. The fraction of sp³-hybridized carbons (Fsp3) is 0.786. The smallest absolute Gasteiger partial charge is 0.304 e. The maximum absolute atomic E-state index is 11.1. The summed E-state index contributed by atoms with van der Waals surface area (Å²) in [4.78, 5) is 14.1. The monoisotopic (exact) mass is 266 g/mol. The van der Waals surface area contributed by atoms with Gasteiger partial charge in [0.1, 0.15) is 0 Å². The normalized spacial score (nSPS) is 37.3. The fourth-order valence-corrected chi connectivity index (χ4v) is 5.01. The third kappa shape index (κ3) is 1.77. The van der Waals surface area contributed by atoms with E-state index >= 15 is 0 Å². The van der Waals surface area contributed by atoms with Crippen LogP contribution in [-0.2, 0) is 6.54 Å². The standard InChI is InChI=1S/C14H22N2OS/c1-13(2)9-4-5-14(3,6-9)11(13)15-7-10-8-18-12(17)16-10/h8-9,11,15H,4-7H2,1-3H3,(H,16,17). The molecule has 100 valence electrons. The lowest BCUT2D eigenvalue weighted by Gasteiger charge is -2.43. The van der Waals surface area contributed by atoms with E-state index in [0.717, 1.165) is 18.2 Å². The number of nitrogens with one attached hydrogen (secondary N) is 2. The molecule has 2 fully saturated rings. The van der Waals surface area contributed by atoms with Crippen LogP contribution in [0.15, 0.2) is 10.2 Å². The third-order valence-corrected chi connectivity index (χ3v) is 6.06. The number of aromatic amines is 1. The zero-order chi connectivity index (χ0) is 13.0. The van der Waals surface area contributed by atoms with Crippen LogP contribution < -0.4 is 10.2 Å². The second-order valence-electron chi connectivity index (χ2n) is 6.90. The largest absolute Gasteiger partial charge is 0.315 e. The van der Waals surface area contributed by atoms with Crippen molar-refractivity contribution in [1.29, 1.82) is 0 Å². The number of hydrogen-bond acceptors (Lipinski definition) is 3. The molecule has 0 aromatic carbocycles. The van der Waals surface area contributed by atoms with Crippen LogP contribution >= 0.6 is 11.3 Å². The lowest BCUT2D eigenvalue weighted by molar-refractivity contribution is 0.108. The molecule has 1 aromatic heterocycles. The van der Waals surface area contributed by atoms with E-state index in [-0.39, 0.29) is 4.87 Å². The summed E-state index contributed by atoms with van der Waals surface area (Å²) in [6, 6.07) is 0.562. The Morgan fingerprint density at radius 3 is 2.83 bits per heavy atom. The average Bonchev–Trinajstić information content (AvgIpc) is 2.89. The Balaban J connectivity index is 1.74. The lowest BCUT2D eigenvalue weighted by Crippen LogP contribution is -2.50. The topological polar surface area (TPSA) is 44.9 Å². The quantitative estimate of drug-likeness (QED) is 0.883. The molecule has 0 saturated heterocycles. The summed E-state index contributed by atoms with van der Waals surface area (Å²) < 4.78 is 0. The van der Waals surface area contributed by atoms with Gasteiger partial charge in [-0.15, -0.1) is 0 Å². The minimum absolute atomic E-state index is 0.0465. The molecule has 3 nitrogen and oxygen atoms in total. The van der Waals surface area contributed by atoms with E-state index in [1.54, 1.807) is 0 Å². The van der Waals surface area contributed by atoms with Crippen LogP contribution in [0, 0.1) is 16.7 Å². The van der Waals surface area contributed by atoms with Gasteiger partial charge in [-0.25, -0.2) is 0 Å². The average molecular weight is 266 g/mol. The van der Waals surface area contributed by atoms with Gasteiger partial charge in [-0.1, -0.05) is 32.1 Å². The van der Waals surface area contributed by atoms with Gasteiger partial charge in [0.2, 0.25) is 0 Å². The van der Waals surface area contributed by atoms with Gasteiger partial charge >= 0.3 is 4.87 Å². The van der Waals surface area contributed by atoms with E-state index in [0.29, 0.717) is 16.9 Å². The second-order valence-corrected chi connectivity index (χ2v) is 7.74. The molecule has 2 aliphatic rings. The highest BCUT2D eigenvalue weighted by Gasteiger charge is 2.58. The predicted molar refractivity (Wildman–Crippen MR) is 74.8 cm³/mol. The van der Waals surface area contributed by atoms with Crippen molar-refractivity contribution in [2.75, 3.05) is 0 Å². The van der Waals surface area contributed by atoms with E-state index in [2.05, 4.69) is 31.1 Å². The molecule has 18 heavy (non-hydrogen) atoms. The fourth-order valence-electron chi connectivity index (χ4n) is 4.42. The first-order valence-electron chi connectivity index (χ1n) is 6.82. The minimum atomic E-state index is 0.0465. The number of hydrogen-bond donors (Lipinski definition) is 2. The van der Waals surface area contributed by atoms with Gasteiger partial charge in [-0.3, -0.25) is 4.79 Å². The van der Waals surface area contributed by atoms with Crippen molar-refractivity contribution in [2.45, 2.75) is 52.6 Å². The Hall–Kier alpha value is -0.610. The SMILES string of the molecule is CC12CCC(C1)C(C)(C)C2NCc1csc(=O)[nH]1. The summed E-state index contributed by atoms with van der Waals surface area (Å²) in [5.74, 6) is 0.863. The van der Waals surface area contributed by atoms with Crippen LogP contribution in [-0.4, -0.2) is 11.0 Å². The van der Waals surface area contributed by atoms with Crippen LogP contribution in [0.25, 0.3) is 0 Å². The van der Waals surface area contributed by atoms with Gasteiger partial charge < -0.3 is 10.3 Å². The molecular formula is C14H22N2OS. The van der Waals surface area contributed by atoms with E-state index < -0.39 is 0 Å². The second kappa shape index (κ2) is 3.94. The highest BCUT2D eigenvalue weighted by molar-refractivity contribution is 7.07. The van der Waals surface area contributed by atoms with Gasteiger partial charge in [-0.2, -0.15) is 0 Å². The molecule has 2 aliphatic carbocycles. The van der Waals surface area contributed by atoms with Crippen molar-refractivity contribution >= 4 is 11.3 Å². The first kappa shape index (κ1) is 12.4. The lowest BCUT2D eigenvalue weighted by atomic mass is 9.68. The molecule has 1 aromatic rings. The molecule has 3 rings (SSSR count). The zero-order valence-corrected chi connectivity index (χ0v) is 12.2. The molecule has 0 aliphatic heterocycles. The Bertz CT molecular complexity index is 499.